The summed E-state index contributed by atoms with van der Waals surface area (Å²) in [4.78, 5) is 34.9. The van der Waals surface area contributed by atoms with Crippen molar-refractivity contribution < 1.29 is 29.0 Å². The molecule has 0 aromatic carbocycles. The molecule has 0 bridgehead atoms. The molecule has 122 valence electrons. The number of esters is 2. The van der Waals surface area contributed by atoms with E-state index in [2.05, 4.69) is 14.8 Å². The second-order valence-electron chi connectivity index (χ2n) is 5.41. The van der Waals surface area contributed by atoms with Crippen LogP contribution in [-0.2, 0) is 23.9 Å². The van der Waals surface area contributed by atoms with Crippen LogP contribution in [0.3, 0.4) is 0 Å². The van der Waals surface area contributed by atoms with E-state index in [4.69, 9.17) is 0 Å². The number of methoxy groups -OCH3 is 2. The average molecular weight is 303 g/mol. The van der Waals surface area contributed by atoms with E-state index in [9.17, 15) is 19.5 Å². The molecule has 0 aromatic heterocycles. The quantitative estimate of drug-likeness (QED) is 0.623. The van der Waals surface area contributed by atoms with Gasteiger partial charge in [0.15, 0.2) is 0 Å². The van der Waals surface area contributed by atoms with Crippen molar-refractivity contribution in [1.29, 1.82) is 0 Å². The van der Waals surface area contributed by atoms with Gasteiger partial charge in [-0.2, -0.15) is 0 Å². The van der Waals surface area contributed by atoms with Gasteiger partial charge in [0.25, 0.3) is 0 Å². The van der Waals surface area contributed by atoms with Gasteiger partial charge in [-0.3, -0.25) is 9.59 Å². The van der Waals surface area contributed by atoms with Crippen molar-refractivity contribution in [3.05, 3.63) is 0 Å². The Balaban J connectivity index is 4.80. The van der Waals surface area contributed by atoms with Gasteiger partial charge in [0, 0.05) is 0 Å². The number of hydrogen-bond acceptors (Lipinski definition) is 6. The summed E-state index contributed by atoms with van der Waals surface area (Å²) in [5, 5.41) is 12.2. The van der Waals surface area contributed by atoms with Crippen molar-refractivity contribution in [3.63, 3.8) is 0 Å². The van der Waals surface area contributed by atoms with Gasteiger partial charge in [-0.15, -0.1) is 0 Å². The Morgan fingerprint density at radius 1 is 1.10 bits per heavy atom. The summed E-state index contributed by atoms with van der Waals surface area (Å²) in [6, 6.07) is -1.01. The summed E-state index contributed by atoms with van der Waals surface area (Å²) >= 11 is 0. The van der Waals surface area contributed by atoms with Crippen molar-refractivity contribution in [1.82, 2.24) is 5.32 Å². The fourth-order valence-electron chi connectivity index (χ4n) is 1.83. The van der Waals surface area contributed by atoms with E-state index in [0.29, 0.717) is 0 Å². The summed E-state index contributed by atoms with van der Waals surface area (Å²) < 4.78 is 9.16. The zero-order valence-corrected chi connectivity index (χ0v) is 13.2. The summed E-state index contributed by atoms with van der Waals surface area (Å²) in [6.07, 6.45) is -0.968. The van der Waals surface area contributed by atoms with Crippen molar-refractivity contribution >= 4 is 17.8 Å². The molecule has 0 heterocycles. The number of hydrogen-bond donors (Lipinski definition) is 2. The maximum atomic E-state index is 11.9. The molecule has 0 radical (unpaired) electrons. The van der Waals surface area contributed by atoms with Gasteiger partial charge in [-0.1, -0.05) is 20.8 Å². The van der Waals surface area contributed by atoms with Crippen LogP contribution in [0.15, 0.2) is 0 Å². The lowest BCUT2D eigenvalue weighted by molar-refractivity contribution is -0.149. The van der Waals surface area contributed by atoms with Crippen molar-refractivity contribution in [2.45, 2.75) is 45.8 Å². The Bertz CT molecular complexity index is 368. The fourth-order valence-corrected chi connectivity index (χ4v) is 1.83. The fraction of sp³-hybridized carbons (Fsp3) is 0.786. The smallest absolute Gasteiger partial charge is 0.328 e. The van der Waals surface area contributed by atoms with Crippen LogP contribution in [0.4, 0.5) is 0 Å². The number of amides is 1. The standard InChI is InChI=1S/C14H25NO6/c1-8(2)6-10(16)13(18)15-12(14(19)21-5)9(3)7-11(17)20-4/h8-10,12,16H,6-7H2,1-5H3,(H,15,18)/t9-,10+,12+/m1/s1. The number of carbonyl (C=O) groups is 3. The molecule has 0 aliphatic rings. The molecule has 0 spiro atoms. The van der Waals surface area contributed by atoms with Crippen LogP contribution in [0, 0.1) is 11.8 Å². The highest BCUT2D eigenvalue weighted by atomic mass is 16.5. The molecule has 0 aliphatic carbocycles. The van der Waals surface area contributed by atoms with E-state index in [0.717, 1.165) is 0 Å². The van der Waals surface area contributed by atoms with E-state index < -0.39 is 35.9 Å². The molecule has 7 heteroatoms. The second kappa shape index (κ2) is 9.33. The van der Waals surface area contributed by atoms with Crippen LogP contribution in [0.1, 0.15) is 33.6 Å². The number of aliphatic hydroxyl groups is 1. The topological polar surface area (TPSA) is 102 Å². The molecule has 0 aromatic rings. The maximum absolute atomic E-state index is 11.9. The van der Waals surface area contributed by atoms with Crippen molar-refractivity contribution in [3.8, 4) is 0 Å². The number of ether oxygens (including phenoxy) is 2. The molecule has 0 saturated heterocycles. The SMILES string of the molecule is COC(=O)C[C@@H](C)[C@H](NC(=O)[C@@H](O)CC(C)C)C(=O)OC. The zero-order valence-electron chi connectivity index (χ0n) is 13.2. The molecule has 0 fully saturated rings. The van der Waals surface area contributed by atoms with Gasteiger partial charge in [0.1, 0.15) is 12.1 Å². The molecule has 0 saturated carbocycles. The van der Waals surface area contributed by atoms with Gasteiger partial charge < -0.3 is 19.9 Å². The first-order valence-corrected chi connectivity index (χ1v) is 6.86. The van der Waals surface area contributed by atoms with E-state index in [1.807, 2.05) is 13.8 Å². The normalized spacial score (nSPS) is 15.0. The lowest BCUT2D eigenvalue weighted by Crippen LogP contribution is -2.49. The van der Waals surface area contributed by atoms with Crippen LogP contribution in [0.25, 0.3) is 0 Å². The van der Waals surface area contributed by atoms with Crippen LogP contribution >= 0.6 is 0 Å². The summed E-state index contributed by atoms with van der Waals surface area (Å²) in [6.45, 7) is 5.36. The number of aliphatic hydroxyl groups excluding tert-OH is 1. The molecule has 0 rings (SSSR count). The molecular formula is C14H25NO6. The number of carbonyl (C=O) groups excluding carboxylic acids is 3. The minimum absolute atomic E-state index is 0.0448. The lowest BCUT2D eigenvalue weighted by atomic mass is 9.97. The average Bonchev–Trinajstić information content (AvgIpc) is 2.42. The Morgan fingerprint density at radius 3 is 2.10 bits per heavy atom. The van der Waals surface area contributed by atoms with Crippen LogP contribution in [0.5, 0.6) is 0 Å². The van der Waals surface area contributed by atoms with E-state index in [1.165, 1.54) is 14.2 Å². The first-order chi connectivity index (χ1) is 9.72. The van der Waals surface area contributed by atoms with Gasteiger partial charge >= 0.3 is 11.9 Å². The largest absolute Gasteiger partial charge is 0.469 e. The van der Waals surface area contributed by atoms with E-state index in [1.54, 1.807) is 6.92 Å². The van der Waals surface area contributed by atoms with Gasteiger partial charge in [-0.25, -0.2) is 4.79 Å². The van der Waals surface area contributed by atoms with Crippen molar-refractivity contribution in [2.24, 2.45) is 11.8 Å². The molecule has 0 unspecified atom stereocenters. The van der Waals surface area contributed by atoms with E-state index >= 15 is 0 Å². The van der Waals surface area contributed by atoms with Gasteiger partial charge in [0.05, 0.1) is 20.6 Å². The third-order valence-corrected chi connectivity index (χ3v) is 3.04. The molecule has 3 atom stereocenters. The second-order valence-corrected chi connectivity index (χ2v) is 5.41. The third-order valence-electron chi connectivity index (χ3n) is 3.04. The van der Waals surface area contributed by atoms with Crippen LogP contribution < -0.4 is 5.32 Å². The summed E-state index contributed by atoms with van der Waals surface area (Å²) in [5.74, 6) is -2.20. The Kier molecular flexibility index (Phi) is 8.61. The van der Waals surface area contributed by atoms with Gasteiger partial charge in [-0.05, 0) is 18.3 Å². The predicted molar refractivity (Wildman–Crippen MR) is 75.2 cm³/mol. The highest BCUT2D eigenvalue weighted by Crippen LogP contribution is 2.12. The number of rotatable bonds is 8. The molecule has 21 heavy (non-hydrogen) atoms. The predicted octanol–water partition coefficient (Wildman–Crippen LogP) is 0.250. The molecule has 1 amide bonds. The molecular weight excluding hydrogens is 278 g/mol. The minimum Gasteiger partial charge on any atom is -0.469 e. The molecule has 0 aliphatic heterocycles. The van der Waals surface area contributed by atoms with Crippen LogP contribution in [0.2, 0.25) is 0 Å². The van der Waals surface area contributed by atoms with Crippen molar-refractivity contribution in [2.75, 3.05) is 14.2 Å². The number of nitrogens with one attached hydrogen (secondary N) is 1. The van der Waals surface area contributed by atoms with Gasteiger partial charge in [0.2, 0.25) is 5.91 Å². The zero-order chi connectivity index (χ0) is 16.6. The highest BCUT2D eigenvalue weighted by Gasteiger charge is 2.31. The van der Waals surface area contributed by atoms with E-state index in [-0.39, 0.29) is 18.8 Å². The highest BCUT2D eigenvalue weighted by molar-refractivity contribution is 5.87. The Morgan fingerprint density at radius 2 is 1.67 bits per heavy atom. The molecule has 2 N–H and O–H groups in total. The lowest BCUT2D eigenvalue weighted by Gasteiger charge is -2.23. The maximum Gasteiger partial charge on any atom is 0.328 e. The van der Waals surface area contributed by atoms with Crippen LogP contribution in [-0.4, -0.2) is 49.3 Å². The first-order valence-electron chi connectivity index (χ1n) is 6.86. The summed E-state index contributed by atoms with van der Waals surface area (Å²) in [5.41, 5.74) is 0. The third kappa shape index (κ3) is 7.08. The Labute approximate surface area is 125 Å². The first kappa shape index (κ1) is 19.4. The molecule has 7 nitrogen and oxygen atoms in total. The minimum atomic E-state index is -1.21. The summed E-state index contributed by atoms with van der Waals surface area (Å²) in [7, 11) is 2.43. The Hall–Kier alpha value is -1.63. The monoisotopic (exact) mass is 303 g/mol.